The van der Waals surface area contributed by atoms with Crippen LogP contribution in [-0.2, 0) is 29.2 Å². The van der Waals surface area contributed by atoms with Crippen LogP contribution in [0, 0.1) is 5.92 Å². The minimum Gasteiger partial charge on any atom is -0.457 e. The molecule has 0 radical (unpaired) electrons. The molecule has 9 nitrogen and oxygen atoms in total. The van der Waals surface area contributed by atoms with Crippen LogP contribution in [0.5, 0.6) is 11.5 Å². The molecule has 0 unspecified atom stereocenters. The number of amides is 2. The molecule has 0 aliphatic carbocycles. The molecule has 0 saturated carbocycles. The van der Waals surface area contributed by atoms with Gasteiger partial charge in [0.15, 0.2) is 11.4 Å². The third-order valence-electron chi connectivity index (χ3n) is 9.27. The maximum Gasteiger partial charge on any atom is 0.319 e. The van der Waals surface area contributed by atoms with Crippen LogP contribution in [0.3, 0.4) is 0 Å². The first-order chi connectivity index (χ1) is 25.8. The first kappa shape index (κ1) is 36.2. The molecule has 2 heterocycles. The molecule has 0 bridgehead atoms. The van der Waals surface area contributed by atoms with Crippen molar-refractivity contribution in [3.8, 4) is 22.6 Å². The zero-order valence-electron chi connectivity index (χ0n) is 28.9. The zero-order chi connectivity index (χ0) is 36.7. The Morgan fingerprint density at radius 3 is 2.21 bits per heavy atom. The van der Waals surface area contributed by atoms with E-state index in [4.69, 9.17) is 37.4 Å². The summed E-state index contributed by atoms with van der Waals surface area (Å²) < 4.78 is 20.9. The molecule has 7 rings (SSSR count). The van der Waals surface area contributed by atoms with Gasteiger partial charge in [0.05, 0.1) is 31.7 Å². The second kappa shape index (κ2) is 16.7. The number of carbonyl (C=O) groups is 1. The fourth-order valence-corrected chi connectivity index (χ4v) is 6.66. The maximum absolute atomic E-state index is 12.9. The topological polar surface area (TPSA) is 107 Å². The number of nitrogens with zero attached hydrogens (tertiary/aromatic N) is 2. The van der Waals surface area contributed by atoms with E-state index in [0.29, 0.717) is 29.7 Å². The number of para-hydroxylation sites is 1. The average Bonchev–Trinajstić information content (AvgIpc) is 3.51. The standard InChI is InChI=1S/C42H38Cl2N4O5/c1-27-37(24-48-26-46-39(43)40(48)44)52-41(53-38(27)30-13-11-28(25-49)12-14-30)31-17-15-29(16-18-31)36-10-6-5-7-32(36)23-45-42(50)47-33-19-21-35(22-20-33)51-34-8-3-2-4-9-34/h2-22,26-27,37-38,41,49H,23-25H2,1H3,(H2,45,47,50)/t27-,37+,38+,41+/m1/s1. The van der Waals surface area contributed by atoms with Crippen molar-refractivity contribution in [2.24, 2.45) is 5.92 Å². The van der Waals surface area contributed by atoms with Crippen LogP contribution in [0.4, 0.5) is 10.5 Å². The van der Waals surface area contributed by atoms with E-state index in [0.717, 1.165) is 39.1 Å². The van der Waals surface area contributed by atoms with Gasteiger partial charge in [-0.15, -0.1) is 0 Å². The van der Waals surface area contributed by atoms with Crippen molar-refractivity contribution in [2.75, 3.05) is 5.32 Å². The molecule has 6 aromatic rings. The first-order valence-corrected chi connectivity index (χ1v) is 18.0. The molecule has 1 fully saturated rings. The Hall–Kier alpha value is -5.16. The lowest BCUT2D eigenvalue weighted by molar-refractivity contribution is -0.276. The number of aliphatic hydroxyl groups excluding tert-OH is 1. The van der Waals surface area contributed by atoms with E-state index in [1.807, 2.05) is 115 Å². The molecule has 1 aliphatic rings. The summed E-state index contributed by atoms with van der Waals surface area (Å²) in [4.78, 5) is 17.0. The monoisotopic (exact) mass is 748 g/mol. The number of nitrogens with one attached hydrogen (secondary N) is 2. The summed E-state index contributed by atoms with van der Waals surface area (Å²) in [6.07, 6.45) is 0.380. The second-order valence-corrected chi connectivity index (χ2v) is 13.5. The van der Waals surface area contributed by atoms with Crippen LogP contribution in [0.1, 0.15) is 41.6 Å². The lowest BCUT2D eigenvalue weighted by atomic mass is 9.90. The third kappa shape index (κ3) is 8.73. The van der Waals surface area contributed by atoms with Crippen molar-refractivity contribution in [1.82, 2.24) is 14.9 Å². The molecule has 11 heteroatoms. The Morgan fingerprint density at radius 1 is 0.830 bits per heavy atom. The number of halogens is 2. The lowest BCUT2D eigenvalue weighted by Gasteiger charge is -2.41. The Bertz CT molecular complexity index is 2130. The van der Waals surface area contributed by atoms with E-state index in [1.165, 1.54) is 0 Å². The number of hydrogen-bond donors (Lipinski definition) is 3. The number of rotatable bonds is 11. The van der Waals surface area contributed by atoms with Crippen molar-refractivity contribution in [1.29, 1.82) is 0 Å². The highest BCUT2D eigenvalue weighted by Gasteiger charge is 2.39. The molecule has 53 heavy (non-hydrogen) atoms. The molecule has 4 atom stereocenters. The van der Waals surface area contributed by atoms with Crippen molar-refractivity contribution >= 4 is 34.9 Å². The summed E-state index contributed by atoms with van der Waals surface area (Å²) in [5, 5.41) is 16.0. The van der Waals surface area contributed by atoms with Crippen LogP contribution in [0.25, 0.3) is 11.1 Å². The number of benzene rings is 5. The highest BCUT2D eigenvalue weighted by Crippen LogP contribution is 2.43. The van der Waals surface area contributed by atoms with Crippen molar-refractivity contribution in [3.63, 3.8) is 0 Å². The normalized spacial score (nSPS) is 18.3. The van der Waals surface area contributed by atoms with Crippen LogP contribution in [-0.4, -0.2) is 26.8 Å². The maximum atomic E-state index is 12.9. The van der Waals surface area contributed by atoms with E-state index in [1.54, 1.807) is 23.0 Å². The second-order valence-electron chi connectivity index (χ2n) is 12.8. The van der Waals surface area contributed by atoms with Crippen LogP contribution in [0.15, 0.2) is 134 Å². The van der Waals surface area contributed by atoms with Gasteiger partial charge in [-0.25, -0.2) is 9.78 Å². The summed E-state index contributed by atoms with van der Waals surface area (Å²) in [6, 6.07) is 40.2. The average molecular weight is 750 g/mol. The fraction of sp³-hybridized carbons (Fsp3) is 0.190. The highest BCUT2D eigenvalue weighted by molar-refractivity contribution is 6.40. The smallest absolute Gasteiger partial charge is 0.319 e. The molecule has 1 aliphatic heterocycles. The van der Waals surface area contributed by atoms with Gasteiger partial charge in [0.1, 0.15) is 16.7 Å². The van der Waals surface area contributed by atoms with Gasteiger partial charge in [-0.3, -0.25) is 0 Å². The Balaban J connectivity index is 1.03. The molecule has 270 valence electrons. The minimum atomic E-state index is -0.662. The van der Waals surface area contributed by atoms with Gasteiger partial charge in [-0.1, -0.05) is 121 Å². The molecule has 2 amide bonds. The number of anilines is 1. The number of aliphatic hydroxyl groups is 1. The third-order valence-corrected chi connectivity index (χ3v) is 10.0. The number of imidazole rings is 1. The van der Waals surface area contributed by atoms with Gasteiger partial charge in [-0.2, -0.15) is 0 Å². The number of hydrogen-bond acceptors (Lipinski definition) is 6. The Labute approximate surface area is 318 Å². The quantitative estimate of drug-likeness (QED) is 0.122. The Morgan fingerprint density at radius 2 is 1.51 bits per heavy atom. The van der Waals surface area contributed by atoms with E-state index < -0.39 is 6.29 Å². The van der Waals surface area contributed by atoms with Crippen molar-refractivity contribution in [2.45, 2.75) is 45.1 Å². The molecule has 0 spiro atoms. The van der Waals surface area contributed by atoms with Gasteiger partial charge >= 0.3 is 6.03 Å². The summed E-state index contributed by atoms with van der Waals surface area (Å²) >= 11 is 12.6. The lowest BCUT2D eigenvalue weighted by Crippen LogP contribution is -2.39. The van der Waals surface area contributed by atoms with Crippen molar-refractivity contribution < 1.29 is 24.1 Å². The molecule has 1 aromatic heterocycles. The van der Waals surface area contributed by atoms with Gasteiger partial charge in [0, 0.05) is 23.7 Å². The van der Waals surface area contributed by atoms with E-state index >= 15 is 0 Å². The SMILES string of the molecule is C[C@@H]1[C@H](Cn2cnc(Cl)c2Cl)O[C@H](c2ccc(-c3ccccc3CNC(=O)Nc3ccc(Oc4ccccc4)cc3)cc2)O[C@@H]1c1ccc(CO)cc1. The number of aromatic nitrogens is 2. The van der Waals surface area contributed by atoms with E-state index in [-0.39, 0.29) is 35.9 Å². The van der Waals surface area contributed by atoms with Gasteiger partial charge < -0.3 is 34.5 Å². The molecule has 1 saturated heterocycles. The molecular formula is C42H38Cl2N4O5. The summed E-state index contributed by atoms with van der Waals surface area (Å²) in [7, 11) is 0. The van der Waals surface area contributed by atoms with Gasteiger partial charge in [-0.05, 0) is 64.2 Å². The van der Waals surface area contributed by atoms with E-state index in [9.17, 15) is 9.90 Å². The predicted molar refractivity (Wildman–Crippen MR) is 206 cm³/mol. The van der Waals surface area contributed by atoms with Gasteiger partial charge in [0.2, 0.25) is 0 Å². The zero-order valence-corrected chi connectivity index (χ0v) is 30.4. The molecule has 5 aromatic carbocycles. The summed E-state index contributed by atoms with van der Waals surface area (Å²) in [6.45, 7) is 2.81. The predicted octanol–water partition coefficient (Wildman–Crippen LogP) is 9.95. The van der Waals surface area contributed by atoms with Crippen molar-refractivity contribution in [3.05, 3.63) is 166 Å². The molecular weight excluding hydrogens is 711 g/mol. The first-order valence-electron chi connectivity index (χ1n) is 17.3. The minimum absolute atomic E-state index is 0.0329. The number of ether oxygens (including phenoxy) is 3. The van der Waals surface area contributed by atoms with Crippen LogP contribution >= 0.6 is 23.2 Å². The van der Waals surface area contributed by atoms with Gasteiger partial charge in [0.25, 0.3) is 0 Å². The number of carbonyl (C=O) groups excluding carboxylic acids is 1. The van der Waals surface area contributed by atoms with E-state index in [2.05, 4.69) is 22.5 Å². The molecule has 3 N–H and O–H groups in total. The van der Waals surface area contributed by atoms with Crippen LogP contribution < -0.4 is 15.4 Å². The summed E-state index contributed by atoms with van der Waals surface area (Å²) in [5.74, 6) is 1.37. The van der Waals surface area contributed by atoms with Crippen LogP contribution in [0.2, 0.25) is 10.3 Å². The number of urea groups is 1. The Kier molecular flexibility index (Phi) is 11.4. The summed E-state index contributed by atoms with van der Waals surface area (Å²) in [5.41, 5.74) is 6.25. The largest absolute Gasteiger partial charge is 0.457 e. The fourth-order valence-electron chi connectivity index (χ4n) is 6.35. The highest BCUT2D eigenvalue weighted by atomic mass is 35.5.